The average Bonchev–Trinajstić information content (AvgIpc) is 3.27. The van der Waals surface area contributed by atoms with Crippen LogP contribution in [-0.2, 0) is 21.2 Å². The van der Waals surface area contributed by atoms with Crippen LogP contribution in [0.2, 0.25) is 0 Å². The van der Waals surface area contributed by atoms with Crippen molar-refractivity contribution in [2.24, 2.45) is 5.92 Å². The molecule has 1 aromatic carbocycles. The minimum atomic E-state index is -3.40. The number of carbonyl (C=O) groups is 1. The third-order valence-electron chi connectivity index (χ3n) is 4.89. The van der Waals surface area contributed by atoms with Crippen LogP contribution >= 0.6 is 12.4 Å². The van der Waals surface area contributed by atoms with Gasteiger partial charge in [-0.3, -0.25) is 4.79 Å². The Morgan fingerprint density at radius 2 is 1.88 bits per heavy atom. The van der Waals surface area contributed by atoms with Gasteiger partial charge in [-0.25, -0.2) is 13.1 Å². The lowest BCUT2D eigenvalue weighted by Gasteiger charge is -2.16. The number of benzene rings is 1. The summed E-state index contributed by atoms with van der Waals surface area (Å²) in [6.07, 6.45) is 4.02. The van der Waals surface area contributed by atoms with Crippen molar-refractivity contribution in [2.75, 3.05) is 26.7 Å². The molecule has 8 heteroatoms. The second kappa shape index (κ2) is 9.17. The molecule has 0 aromatic heterocycles. The number of halogens is 1. The monoisotopic (exact) mass is 401 g/mol. The summed E-state index contributed by atoms with van der Waals surface area (Å²) in [7, 11) is -1.46. The predicted octanol–water partition coefficient (Wildman–Crippen LogP) is 1.55. The smallest absolute Gasteiger partial charge is 0.240 e. The van der Waals surface area contributed by atoms with Crippen molar-refractivity contribution in [1.29, 1.82) is 0 Å². The first-order valence-electron chi connectivity index (χ1n) is 9.01. The summed E-state index contributed by atoms with van der Waals surface area (Å²) in [6, 6.07) is 6.98. The number of carbonyl (C=O) groups excluding carboxylic acids is 1. The highest BCUT2D eigenvalue weighted by molar-refractivity contribution is 7.89. The molecular formula is C18H28ClN3O3S. The molecule has 0 spiro atoms. The van der Waals surface area contributed by atoms with Gasteiger partial charge in [-0.1, -0.05) is 12.1 Å². The molecule has 1 aliphatic carbocycles. The highest BCUT2D eigenvalue weighted by atomic mass is 35.5. The summed E-state index contributed by atoms with van der Waals surface area (Å²) in [5.74, 6) is 0.739. The number of hydrogen-bond acceptors (Lipinski definition) is 4. The van der Waals surface area contributed by atoms with Crippen LogP contribution < -0.4 is 10.0 Å². The maximum absolute atomic E-state index is 12.3. The second-order valence-corrected chi connectivity index (χ2v) is 8.81. The molecule has 1 aliphatic heterocycles. The number of likely N-dealkylation sites (tertiary alicyclic amines) is 1. The summed E-state index contributed by atoms with van der Waals surface area (Å²) in [5, 5.41) is 3.17. The summed E-state index contributed by atoms with van der Waals surface area (Å²) >= 11 is 0. The summed E-state index contributed by atoms with van der Waals surface area (Å²) in [4.78, 5) is 14.6. The first-order valence-corrected chi connectivity index (χ1v) is 10.5. The van der Waals surface area contributed by atoms with Crippen molar-refractivity contribution < 1.29 is 13.2 Å². The van der Waals surface area contributed by atoms with E-state index in [4.69, 9.17) is 0 Å². The van der Waals surface area contributed by atoms with Crippen molar-refractivity contribution in [3.8, 4) is 0 Å². The fourth-order valence-electron chi connectivity index (χ4n) is 3.25. The minimum absolute atomic E-state index is 0. The number of rotatable bonds is 8. The molecule has 3 rings (SSSR count). The quantitative estimate of drug-likeness (QED) is 0.692. The highest BCUT2D eigenvalue weighted by Crippen LogP contribution is 2.22. The van der Waals surface area contributed by atoms with Crippen molar-refractivity contribution >= 4 is 28.3 Å². The molecule has 0 radical (unpaired) electrons. The molecule has 2 N–H and O–H groups in total. The Bertz CT molecular complexity index is 705. The molecule has 1 unspecified atom stereocenters. The van der Waals surface area contributed by atoms with Crippen molar-refractivity contribution in [3.05, 3.63) is 29.8 Å². The van der Waals surface area contributed by atoms with E-state index in [9.17, 15) is 13.2 Å². The number of hydrogen-bond donors (Lipinski definition) is 2. The van der Waals surface area contributed by atoms with Crippen molar-refractivity contribution in [2.45, 2.75) is 43.0 Å². The fourth-order valence-corrected chi connectivity index (χ4v) is 4.55. The fraction of sp³-hybridized carbons (Fsp3) is 0.611. The zero-order chi connectivity index (χ0) is 17.9. The Hall–Kier alpha value is -1.15. The molecule has 1 heterocycles. The lowest BCUT2D eigenvalue weighted by atomic mass is 10.1. The summed E-state index contributed by atoms with van der Waals surface area (Å²) in [6.45, 7) is 2.63. The van der Waals surface area contributed by atoms with Gasteiger partial charge in [0, 0.05) is 25.6 Å². The third kappa shape index (κ3) is 5.67. The van der Waals surface area contributed by atoms with E-state index in [0.29, 0.717) is 23.7 Å². The average molecular weight is 402 g/mol. The maximum Gasteiger partial charge on any atom is 0.240 e. The van der Waals surface area contributed by atoms with Gasteiger partial charge in [0.2, 0.25) is 15.9 Å². The minimum Gasteiger partial charge on any atom is -0.342 e. The number of nitrogens with one attached hydrogen (secondary N) is 2. The first-order chi connectivity index (χ1) is 12.0. The van der Waals surface area contributed by atoms with E-state index in [0.717, 1.165) is 44.5 Å². The molecule has 1 aromatic rings. The number of sulfonamides is 1. The highest BCUT2D eigenvalue weighted by Gasteiger charge is 2.28. The van der Waals surface area contributed by atoms with E-state index in [-0.39, 0.29) is 24.4 Å². The molecule has 1 saturated carbocycles. The normalized spacial score (nSPS) is 20.0. The van der Waals surface area contributed by atoms with Gasteiger partial charge in [0.1, 0.15) is 0 Å². The first kappa shape index (κ1) is 21.2. The van der Waals surface area contributed by atoms with E-state index in [1.54, 1.807) is 12.1 Å². The van der Waals surface area contributed by atoms with Crippen LogP contribution in [0.1, 0.15) is 31.2 Å². The SMILES string of the molecule is CNCC1CCN(C(=O)CCc2ccc(S(=O)(=O)NC3CC3)cc2)C1.Cl. The van der Waals surface area contributed by atoms with Crippen molar-refractivity contribution in [3.63, 3.8) is 0 Å². The topological polar surface area (TPSA) is 78.5 Å². The van der Waals surface area contributed by atoms with Crippen LogP contribution in [-0.4, -0.2) is 51.9 Å². The van der Waals surface area contributed by atoms with Gasteiger partial charge < -0.3 is 10.2 Å². The molecule has 1 atom stereocenters. The van der Waals surface area contributed by atoms with Crippen molar-refractivity contribution in [1.82, 2.24) is 14.9 Å². The number of nitrogens with zero attached hydrogens (tertiary/aromatic N) is 1. The van der Waals surface area contributed by atoms with Gasteiger partial charge in [-0.2, -0.15) is 0 Å². The van der Waals surface area contributed by atoms with Gasteiger partial charge in [-0.15, -0.1) is 12.4 Å². The second-order valence-electron chi connectivity index (χ2n) is 7.09. The van der Waals surface area contributed by atoms with Crippen LogP contribution in [0.5, 0.6) is 0 Å². The summed E-state index contributed by atoms with van der Waals surface area (Å²) < 4.78 is 27.0. The van der Waals surface area contributed by atoms with E-state index in [1.807, 2.05) is 24.1 Å². The zero-order valence-electron chi connectivity index (χ0n) is 15.1. The Morgan fingerprint density at radius 1 is 1.19 bits per heavy atom. The largest absolute Gasteiger partial charge is 0.342 e. The molecule has 0 bridgehead atoms. The molecule has 6 nitrogen and oxygen atoms in total. The van der Waals surface area contributed by atoms with Gasteiger partial charge in [0.15, 0.2) is 0 Å². The molecule has 146 valence electrons. The standard InChI is InChI=1S/C18H27N3O3S.ClH/c1-19-12-15-10-11-21(13-15)18(22)9-4-14-2-7-17(8-3-14)25(23,24)20-16-5-6-16;/h2-3,7-8,15-16,19-20H,4-6,9-13H2,1H3;1H. The molecule has 2 aliphatic rings. The molecule has 2 fully saturated rings. The zero-order valence-corrected chi connectivity index (χ0v) is 16.7. The summed E-state index contributed by atoms with van der Waals surface area (Å²) in [5.41, 5.74) is 0.990. The van der Waals surface area contributed by atoms with Crippen LogP contribution in [0.25, 0.3) is 0 Å². The van der Waals surface area contributed by atoms with Gasteiger partial charge in [0.05, 0.1) is 4.90 Å². The van der Waals surface area contributed by atoms with E-state index >= 15 is 0 Å². The van der Waals surface area contributed by atoms with Crippen LogP contribution in [0.4, 0.5) is 0 Å². The Balaban J connectivity index is 0.00000243. The van der Waals surface area contributed by atoms with Crippen LogP contribution in [0, 0.1) is 5.92 Å². The molecule has 26 heavy (non-hydrogen) atoms. The van der Waals surface area contributed by atoms with Crippen LogP contribution in [0.15, 0.2) is 29.2 Å². The lowest BCUT2D eigenvalue weighted by molar-refractivity contribution is -0.130. The Morgan fingerprint density at radius 3 is 2.50 bits per heavy atom. The van der Waals surface area contributed by atoms with E-state index < -0.39 is 10.0 Å². The Kier molecular flexibility index (Phi) is 7.46. The lowest BCUT2D eigenvalue weighted by Crippen LogP contribution is -2.30. The van der Waals surface area contributed by atoms with E-state index in [2.05, 4.69) is 10.0 Å². The molecule has 1 amide bonds. The molecular weight excluding hydrogens is 374 g/mol. The molecule has 1 saturated heterocycles. The Labute approximate surface area is 162 Å². The van der Waals surface area contributed by atoms with E-state index in [1.165, 1.54) is 0 Å². The number of amides is 1. The third-order valence-corrected chi connectivity index (χ3v) is 6.43. The van der Waals surface area contributed by atoms with Gasteiger partial charge in [0.25, 0.3) is 0 Å². The van der Waals surface area contributed by atoms with Gasteiger partial charge in [-0.05, 0) is 62.9 Å². The number of aryl methyl sites for hydroxylation is 1. The predicted molar refractivity (Wildman–Crippen MR) is 104 cm³/mol. The van der Waals surface area contributed by atoms with Crippen LogP contribution in [0.3, 0.4) is 0 Å². The maximum atomic E-state index is 12.3. The van der Waals surface area contributed by atoms with Gasteiger partial charge >= 0.3 is 0 Å².